The van der Waals surface area contributed by atoms with Crippen molar-refractivity contribution in [2.45, 2.75) is 31.9 Å². The van der Waals surface area contributed by atoms with Gasteiger partial charge in [0.15, 0.2) is 5.69 Å². The highest BCUT2D eigenvalue weighted by atomic mass is 19.4. The largest absolute Gasteiger partial charge is 0.435 e. The van der Waals surface area contributed by atoms with Gasteiger partial charge in [0.2, 0.25) is 0 Å². The summed E-state index contributed by atoms with van der Waals surface area (Å²) in [4.78, 5) is 14.0. The zero-order valence-corrected chi connectivity index (χ0v) is 15.4. The first kappa shape index (κ1) is 19.4. The van der Waals surface area contributed by atoms with Crippen molar-refractivity contribution in [3.8, 4) is 5.69 Å². The highest BCUT2D eigenvalue weighted by Crippen LogP contribution is 2.36. The molecule has 1 aliphatic carbocycles. The quantitative estimate of drug-likeness (QED) is 0.867. The van der Waals surface area contributed by atoms with Gasteiger partial charge in [-0.15, -0.1) is 0 Å². The van der Waals surface area contributed by atoms with Crippen molar-refractivity contribution in [1.29, 1.82) is 0 Å². The molecule has 2 aromatic rings. The van der Waals surface area contributed by atoms with Gasteiger partial charge in [-0.05, 0) is 57.0 Å². The molecule has 1 heterocycles. The van der Waals surface area contributed by atoms with E-state index in [-0.39, 0.29) is 5.91 Å². The van der Waals surface area contributed by atoms with Crippen LogP contribution in [0.1, 0.15) is 40.2 Å². The fourth-order valence-corrected chi connectivity index (χ4v) is 3.39. The van der Waals surface area contributed by atoms with E-state index in [1.807, 2.05) is 7.05 Å². The molecule has 0 bridgehead atoms. The Morgan fingerprint density at radius 2 is 1.89 bits per heavy atom. The molecule has 1 amide bonds. The molecule has 0 fully saturated rings. The van der Waals surface area contributed by atoms with E-state index in [9.17, 15) is 18.0 Å². The number of halogens is 3. The van der Waals surface area contributed by atoms with Crippen molar-refractivity contribution in [2.75, 3.05) is 27.2 Å². The number of amides is 1. The Morgan fingerprint density at radius 1 is 1.22 bits per heavy atom. The van der Waals surface area contributed by atoms with E-state index in [2.05, 4.69) is 10.4 Å². The number of alkyl halides is 3. The van der Waals surface area contributed by atoms with Gasteiger partial charge in [-0.1, -0.05) is 0 Å². The van der Waals surface area contributed by atoms with Crippen LogP contribution in [-0.4, -0.2) is 47.8 Å². The van der Waals surface area contributed by atoms with Crippen LogP contribution in [-0.2, 0) is 19.0 Å². The molecule has 0 aliphatic heterocycles. The summed E-state index contributed by atoms with van der Waals surface area (Å²) in [7, 11) is 3.53. The third-order valence-corrected chi connectivity index (χ3v) is 4.85. The number of nitrogens with zero attached hydrogens (tertiary/aromatic N) is 3. The van der Waals surface area contributed by atoms with Gasteiger partial charge in [0.25, 0.3) is 5.91 Å². The Kier molecular flexibility index (Phi) is 5.55. The van der Waals surface area contributed by atoms with Crippen molar-refractivity contribution in [3.63, 3.8) is 0 Å². The predicted molar refractivity (Wildman–Crippen MR) is 96.1 cm³/mol. The van der Waals surface area contributed by atoms with Crippen LogP contribution >= 0.6 is 0 Å². The number of rotatable bonds is 5. The van der Waals surface area contributed by atoms with Gasteiger partial charge < -0.3 is 10.2 Å². The standard InChI is InChI=1S/C19H23F3N4O/c1-23-11-12-25(2)18(27)13-7-9-14(10-8-13)26-16-6-4-3-5-15(16)17(24-26)19(20,21)22/h7-10,23H,3-6,11-12H2,1-2H3. The van der Waals surface area contributed by atoms with Crippen LogP contribution in [0.2, 0.25) is 0 Å². The second kappa shape index (κ2) is 7.72. The van der Waals surface area contributed by atoms with Gasteiger partial charge in [0.1, 0.15) is 0 Å². The number of benzene rings is 1. The lowest BCUT2D eigenvalue weighted by Gasteiger charge is -2.17. The highest BCUT2D eigenvalue weighted by Gasteiger charge is 2.39. The number of fused-ring (bicyclic) bond motifs is 1. The molecule has 27 heavy (non-hydrogen) atoms. The number of carbonyl (C=O) groups excluding carboxylic acids is 1. The van der Waals surface area contributed by atoms with Gasteiger partial charge in [0.05, 0.1) is 5.69 Å². The number of hydrogen-bond donors (Lipinski definition) is 1. The lowest BCUT2D eigenvalue weighted by atomic mass is 9.95. The van der Waals surface area contributed by atoms with Crippen LogP contribution < -0.4 is 5.32 Å². The summed E-state index contributed by atoms with van der Waals surface area (Å²) in [5, 5.41) is 6.85. The Hall–Kier alpha value is -2.35. The Morgan fingerprint density at radius 3 is 2.52 bits per heavy atom. The zero-order chi connectivity index (χ0) is 19.6. The van der Waals surface area contributed by atoms with E-state index in [1.165, 1.54) is 4.68 Å². The first-order valence-corrected chi connectivity index (χ1v) is 9.01. The molecule has 8 heteroatoms. The van der Waals surface area contributed by atoms with Crippen molar-refractivity contribution >= 4 is 5.91 Å². The lowest BCUT2D eigenvalue weighted by molar-refractivity contribution is -0.142. The number of hydrogen-bond acceptors (Lipinski definition) is 3. The normalized spacial score (nSPS) is 14.1. The minimum absolute atomic E-state index is 0.129. The molecule has 3 rings (SSSR count). The summed E-state index contributed by atoms with van der Waals surface area (Å²) in [6.07, 6.45) is -1.89. The number of nitrogens with one attached hydrogen (secondary N) is 1. The Labute approximate surface area is 156 Å². The Bertz CT molecular complexity index is 812. The monoisotopic (exact) mass is 380 g/mol. The summed E-state index contributed by atoms with van der Waals surface area (Å²) in [6.45, 7) is 1.25. The predicted octanol–water partition coefficient (Wildman–Crippen LogP) is 3.06. The van der Waals surface area contributed by atoms with E-state index in [1.54, 1.807) is 36.2 Å². The number of aromatic nitrogens is 2. The van der Waals surface area contributed by atoms with E-state index in [4.69, 9.17) is 0 Å². The Balaban J connectivity index is 1.90. The molecule has 0 saturated heterocycles. The highest BCUT2D eigenvalue weighted by molar-refractivity contribution is 5.94. The lowest BCUT2D eigenvalue weighted by Crippen LogP contribution is -2.32. The van der Waals surface area contributed by atoms with Gasteiger partial charge in [0, 0.05) is 37.0 Å². The van der Waals surface area contributed by atoms with Crippen molar-refractivity contribution in [2.24, 2.45) is 0 Å². The fraction of sp³-hybridized carbons (Fsp3) is 0.474. The van der Waals surface area contributed by atoms with Crippen LogP contribution in [0.3, 0.4) is 0 Å². The van der Waals surface area contributed by atoms with Gasteiger partial charge >= 0.3 is 6.18 Å². The molecule has 0 spiro atoms. The first-order chi connectivity index (χ1) is 12.8. The molecule has 146 valence electrons. The minimum atomic E-state index is -4.46. The first-order valence-electron chi connectivity index (χ1n) is 9.01. The van der Waals surface area contributed by atoms with Gasteiger partial charge in [-0.3, -0.25) is 4.79 Å². The van der Waals surface area contributed by atoms with Crippen LogP contribution in [0.25, 0.3) is 5.69 Å². The van der Waals surface area contributed by atoms with E-state index in [0.717, 1.165) is 12.8 Å². The van der Waals surface area contributed by atoms with Crippen LogP contribution in [0.4, 0.5) is 13.2 Å². The van der Waals surface area contributed by atoms with Crippen LogP contribution in [0.15, 0.2) is 24.3 Å². The topological polar surface area (TPSA) is 50.2 Å². The maximum absolute atomic E-state index is 13.3. The SMILES string of the molecule is CNCCN(C)C(=O)c1ccc(-n2nc(C(F)(F)F)c3c2CCCC3)cc1. The maximum atomic E-state index is 13.3. The molecule has 0 radical (unpaired) electrons. The minimum Gasteiger partial charge on any atom is -0.340 e. The molecule has 0 unspecified atom stereocenters. The summed E-state index contributed by atoms with van der Waals surface area (Å²) in [5.41, 5.74) is 1.18. The molecule has 1 aromatic carbocycles. The number of carbonyl (C=O) groups is 1. The van der Waals surface area contributed by atoms with Crippen LogP contribution in [0.5, 0.6) is 0 Å². The second-order valence-electron chi connectivity index (χ2n) is 6.77. The molecule has 5 nitrogen and oxygen atoms in total. The van der Waals surface area contributed by atoms with E-state index in [0.29, 0.717) is 48.4 Å². The second-order valence-corrected chi connectivity index (χ2v) is 6.77. The average molecular weight is 380 g/mol. The van der Waals surface area contributed by atoms with Gasteiger partial charge in [-0.2, -0.15) is 18.3 Å². The summed E-state index contributed by atoms with van der Waals surface area (Å²) < 4.78 is 41.4. The van der Waals surface area contributed by atoms with Crippen LogP contribution in [0, 0.1) is 0 Å². The van der Waals surface area contributed by atoms with E-state index < -0.39 is 11.9 Å². The summed E-state index contributed by atoms with van der Waals surface area (Å²) in [6, 6.07) is 6.58. The van der Waals surface area contributed by atoms with Crippen molar-refractivity contribution in [1.82, 2.24) is 20.0 Å². The molecule has 1 aliphatic rings. The average Bonchev–Trinajstić information content (AvgIpc) is 3.06. The fourth-order valence-electron chi connectivity index (χ4n) is 3.39. The number of likely N-dealkylation sites (N-methyl/N-ethyl adjacent to an activating group) is 2. The van der Waals surface area contributed by atoms with Crippen molar-refractivity contribution in [3.05, 3.63) is 46.8 Å². The summed E-state index contributed by atoms with van der Waals surface area (Å²) in [5.74, 6) is -0.129. The molecule has 0 atom stereocenters. The third kappa shape index (κ3) is 4.00. The molecule has 1 N–H and O–H groups in total. The van der Waals surface area contributed by atoms with E-state index >= 15 is 0 Å². The molecular formula is C19H23F3N4O. The van der Waals surface area contributed by atoms with Crippen molar-refractivity contribution < 1.29 is 18.0 Å². The zero-order valence-electron chi connectivity index (χ0n) is 15.4. The third-order valence-electron chi connectivity index (χ3n) is 4.85. The molecular weight excluding hydrogens is 357 g/mol. The smallest absolute Gasteiger partial charge is 0.340 e. The molecule has 0 saturated carbocycles. The maximum Gasteiger partial charge on any atom is 0.435 e. The molecule has 1 aromatic heterocycles. The van der Waals surface area contributed by atoms with Gasteiger partial charge in [-0.25, -0.2) is 4.68 Å². The summed E-state index contributed by atoms with van der Waals surface area (Å²) >= 11 is 0.